The van der Waals surface area contributed by atoms with E-state index in [1.54, 1.807) is 18.5 Å². The number of nitrogens with one attached hydrogen (secondary N) is 1. The number of fused-ring (bicyclic) bond motifs is 1. The molecule has 2 rings (SSSR count). The molecule has 1 aromatic heterocycles. The third-order valence-electron chi connectivity index (χ3n) is 1.58. The van der Waals surface area contributed by atoms with Gasteiger partial charge in [0.05, 0.1) is 17.4 Å². The van der Waals surface area contributed by atoms with Crippen LogP contribution in [0, 0.1) is 0 Å². The summed E-state index contributed by atoms with van der Waals surface area (Å²) in [6.07, 6.45) is 2.43. The van der Waals surface area contributed by atoms with Crippen LogP contribution in [0.4, 0.5) is 0 Å². The van der Waals surface area contributed by atoms with E-state index in [9.17, 15) is 4.79 Å². The van der Waals surface area contributed by atoms with Crippen molar-refractivity contribution in [3.05, 3.63) is 30.1 Å². The molecule has 0 fully saturated rings. The van der Waals surface area contributed by atoms with Gasteiger partial charge in [0.15, 0.2) is 0 Å². The Morgan fingerprint density at radius 1 is 1.42 bits per heavy atom. The van der Waals surface area contributed by atoms with Crippen molar-refractivity contribution in [2.45, 2.75) is 0 Å². The van der Waals surface area contributed by atoms with E-state index in [0.717, 1.165) is 17.3 Å². The molecule has 1 aromatic carbocycles. The van der Waals surface area contributed by atoms with Crippen LogP contribution in [-0.4, -0.2) is 16.3 Å². The lowest BCUT2D eigenvalue weighted by atomic mass is 10.2. The second kappa shape index (κ2) is 3.36. The number of aldehydes is 1. The zero-order valence-corrected chi connectivity index (χ0v) is 6.97. The summed E-state index contributed by atoms with van der Waals surface area (Å²) in [6.45, 7) is 0. The first-order chi connectivity index (χ1) is 5.40. The molecule has 12 heavy (non-hydrogen) atoms. The number of H-pyrrole nitrogens is 1. The lowest BCUT2D eigenvalue weighted by molar-refractivity contribution is 0.112. The van der Waals surface area contributed by atoms with E-state index in [1.807, 2.05) is 6.07 Å². The standard InChI is InChI=1S/C8H6N2O.ClH/c11-4-6-1-2-7-8(3-6)10-5-9-7;/h1-5H,(H,9,10);1H. The van der Waals surface area contributed by atoms with E-state index in [1.165, 1.54) is 0 Å². The maximum atomic E-state index is 10.3. The molecule has 0 bridgehead atoms. The van der Waals surface area contributed by atoms with Gasteiger partial charge in [-0.05, 0) is 18.2 Å². The summed E-state index contributed by atoms with van der Waals surface area (Å²) < 4.78 is 0. The van der Waals surface area contributed by atoms with Gasteiger partial charge >= 0.3 is 0 Å². The van der Waals surface area contributed by atoms with Crippen molar-refractivity contribution >= 4 is 29.7 Å². The van der Waals surface area contributed by atoms with Crippen molar-refractivity contribution in [2.75, 3.05) is 0 Å². The summed E-state index contributed by atoms with van der Waals surface area (Å²) in [6, 6.07) is 5.33. The minimum Gasteiger partial charge on any atom is -0.345 e. The first-order valence-corrected chi connectivity index (χ1v) is 3.28. The number of carbonyl (C=O) groups excluding carboxylic acids is 1. The number of carbonyl (C=O) groups is 1. The molecule has 0 saturated heterocycles. The zero-order valence-electron chi connectivity index (χ0n) is 6.15. The highest BCUT2D eigenvalue weighted by molar-refractivity contribution is 5.85. The Balaban J connectivity index is 0.000000720. The minimum absolute atomic E-state index is 0. The number of hydrogen-bond acceptors (Lipinski definition) is 2. The molecule has 0 unspecified atom stereocenters. The van der Waals surface area contributed by atoms with Crippen molar-refractivity contribution in [1.82, 2.24) is 9.97 Å². The van der Waals surface area contributed by atoms with E-state index in [4.69, 9.17) is 0 Å². The van der Waals surface area contributed by atoms with Gasteiger partial charge in [-0.25, -0.2) is 4.98 Å². The molecule has 1 heterocycles. The largest absolute Gasteiger partial charge is 0.345 e. The fourth-order valence-electron chi connectivity index (χ4n) is 1.03. The Bertz CT molecular complexity index is 397. The number of hydrogen-bond donors (Lipinski definition) is 1. The fraction of sp³-hybridized carbons (Fsp3) is 0. The third kappa shape index (κ3) is 1.31. The van der Waals surface area contributed by atoms with Crippen molar-refractivity contribution in [2.24, 2.45) is 0 Å². The van der Waals surface area contributed by atoms with Crippen LogP contribution in [0.5, 0.6) is 0 Å². The quantitative estimate of drug-likeness (QED) is 0.684. The average Bonchev–Trinajstić information content (AvgIpc) is 2.50. The van der Waals surface area contributed by atoms with Gasteiger partial charge in [-0.1, -0.05) is 0 Å². The molecule has 0 aliphatic heterocycles. The maximum absolute atomic E-state index is 10.3. The van der Waals surface area contributed by atoms with Crippen molar-refractivity contribution in [3.8, 4) is 0 Å². The lowest BCUT2D eigenvalue weighted by Crippen LogP contribution is -1.77. The van der Waals surface area contributed by atoms with E-state index >= 15 is 0 Å². The zero-order chi connectivity index (χ0) is 7.68. The van der Waals surface area contributed by atoms with Crippen LogP contribution in [0.25, 0.3) is 11.0 Å². The summed E-state index contributed by atoms with van der Waals surface area (Å²) in [4.78, 5) is 17.3. The molecule has 4 heteroatoms. The SMILES string of the molecule is Cl.O=Cc1ccc2nc[nH]c2c1. The van der Waals surface area contributed by atoms with Crippen LogP contribution in [0.2, 0.25) is 0 Å². The molecule has 0 aliphatic rings. The maximum Gasteiger partial charge on any atom is 0.150 e. The van der Waals surface area contributed by atoms with E-state index < -0.39 is 0 Å². The highest BCUT2D eigenvalue weighted by Gasteiger charge is 1.95. The number of benzene rings is 1. The van der Waals surface area contributed by atoms with Gasteiger partial charge < -0.3 is 4.98 Å². The average molecular weight is 183 g/mol. The molecule has 0 radical (unpaired) electrons. The number of aromatic amines is 1. The number of rotatable bonds is 1. The number of nitrogens with zero attached hydrogens (tertiary/aromatic N) is 1. The molecule has 0 atom stereocenters. The summed E-state index contributed by atoms with van der Waals surface area (Å²) >= 11 is 0. The Kier molecular flexibility index (Phi) is 2.45. The molecule has 62 valence electrons. The topological polar surface area (TPSA) is 45.8 Å². The first kappa shape index (κ1) is 8.74. The molecule has 2 aromatic rings. The third-order valence-corrected chi connectivity index (χ3v) is 1.58. The second-order valence-electron chi connectivity index (χ2n) is 2.30. The van der Waals surface area contributed by atoms with Gasteiger partial charge in [-0.2, -0.15) is 0 Å². The first-order valence-electron chi connectivity index (χ1n) is 3.28. The van der Waals surface area contributed by atoms with E-state index in [2.05, 4.69) is 9.97 Å². The smallest absolute Gasteiger partial charge is 0.150 e. The van der Waals surface area contributed by atoms with Crippen molar-refractivity contribution in [3.63, 3.8) is 0 Å². The summed E-state index contributed by atoms with van der Waals surface area (Å²) in [5.41, 5.74) is 2.45. The molecule has 0 spiro atoms. The van der Waals surface area contributed by atoms with Gasteiger partial charge in [0.1, 0.15) is 6.29 Å². The Labute approximate surface area is 75.2 Å². The van der Waals surface area contributed by atoms with Crippen LogP contribution >= 0.6 is 12.4 Å². The molecule has 0 saturated carbocycles. The van der Waals surface area contributed by atoms with Crippen molar-refractivity contribution in [1.29, 1.82) is 0 Å². The van der Waals surface area contributed by atoms with Gasteiger partial charge in [-0.15, -0.1) is 12.4 Å². The highest BCUT2D eigenvalue weighted by atomic mass is 35.5. The second-order valence-corrected chi connectivity index (χ2v) is 2.30. The molecule has 0 amide bonds. The molecule has 3 nitrogen and oxygen atoms in total. The summed E-state index contributed by atoms with van der Waals surface area (Å²) in [5.74, 6) is 0. The van der Waals surface area contributed by atoms with Crippen LogP contribution in [-0.2, 0) is 0 Å². The lowest BCUT2D eigenvalue weighted by Gasteiger charge is -1.88. The number of aromatic nitrogens is 2. The van der Waals surface area contributed by atoms with Crippen LogP contribution in [0.1, 0.15) is 10.4 Å². The molecular formula is C8H7ClN2O. The highest BCUT2D eigenvalue weighted by Crippen LogP contribution is 2.09. The monoisotopic (exact) mass is 182 g/mol. The predicted molar refractivity (Wildman–Crippen MR) is 48.7 cm³/mol. The predicted octanol–water partition coefficient (Wildman–Crippen LogP) is 1.80. The molecular weight excluding hydrogens is 176 g/mol. The fourth-order valence-corrected chi connectivity index (χ4v) is 1.03. The van der Waals surface area contributed by atoms with Gasteiger partial charge in [0, 0.05) is 5.56 Å². The van der Waals surface area contributed by atoms with Crippen LogP contribution < -0.4 is 0 Å². The Morgan fingerprint density at radius 2 is 2.25 bits per heavy atom. The summed E-state index contributed by atoms with van der Waals surface area (Å²) in [7, 11) is 0. The van der Waals surface area contributed by atoms with Gasteiger partial charge in [0.25, 0.3) is 0 Å². The van der Waals surface area contributed by atoms with Crippen LogP contribution in [0.3, 0.4) is 0 Å². The minimum atomic E-state index is 0. The summed E-state index contributed by atoms with van der Waals surface area (Å²) in [5, 5.41) is 0. The van der Waals surface area contributed by atoms with Crippen LogP contribution in [0.15, 0.2) is 24.5 Å². The number of halogens is 1. The van der Waals surface area contributed by atoms with E-state index in [-0.39, 0.29) is 12.4 Å². The van der Waals surface area contributed by atoms with E-state index in [0.29, 0.717) is 5.56 Å². The Morgan fingerprint density at radius 3 is 3.00 bits per heavy atom. The van der Waals surface area contributed by atoms with Crippen molar-refractivity contribution < 1.29 is 4.79 Å². The Hall–Kier alpha value is -1.35. The normalized spacial score (nSPS) is 9.33. The molecule has 0 aliphatic carbocycles. The van der Waals surface area contributed by atoms with Gasteiger partial charge in [0.2, 0.25) is 0 Å². The number of imidazole rings is 1. The van der Waals surface area contributed by atoms with Gasteiger partial charge in [-0.3, -0.25) is 4.79 Å². The molecule has 1 N–H and O–H groups in total.